The molecule has 10 heavy (non-hydrogen) atoms. The standard InChI is InChI=1S/C7H11NO2/c1-2-3-7(10)6(4-8)5-9/h5-7,10H,2-3H2,1H3. The second-order valence-electron chi connectivity index (χ2n) is 2.15. The van der Waals surface area contributed by atoms with E-state index in [9.17, 15) is 4.79 Å². The predicted octanol–water partition coefficient (Wildman–Crippen LogP) is 0.486. The minimum atomic E-state index is -0.847. The van der Waals surface area contributed by atoms with Gasteiger partial charge in [0.05, 0.1) is 12.2 Å². The Morgan fingerprint density at radius 1 is 1.80 bits per heavy atom. The fraction of sp³-hybridized carbons (Fsp3) is 0.714. The molecule has 0 aliphatic rings. The molecule has 1 N–H and O–H groups in total. The van der Waals surface area contributed by atoms with Crippen LogP contribution in [0.5, 0.6) is 0 Å². The van der Waals surface area contributed by atoms with Crippen molar-refractivity contribution in [1.29, 1.82) is 5.26 Å². The van der Waals surface area contributed by atoms with Crippen LogP contribution in [0, 0.1) is 17.2 Å². The number of carbonyl (C=O) groups is 1. The molecule has 0 rings (SSSR count). The molecular formula is C7H11NO2. The molecular weight excluding hydrogens is 130 g/mol. The quantitative estimate of drug-likeness (QED) is 0.579. The third-order valence-corrected chi connectivity index (χ3v) is 1.29. The van der Waals surface area contributed by atoms with Gasteiger partial charge in [-0.25, -0.2) is 0 Å². The monoisotopic (exact) mass is 141 g/mol. The van der Waals surface area contributed by atoms with E-state index in [1.165, 1.54) is 0 Å². The highest BCUT2D eigenvalue weighted by Gasteiger charge is 2.15. The Kier molecular flexibility index (Phi) is 4.51. The number of nitriles is 1. The summed E-state index contributed by atoms with van der Waals surface area (Å²) in [6, 6.07) is 1.72. The number of carbonyl (C=O) groups excluding carboxylic acids is 1. The van der Waals surface area contributed by atoms with Crippen molar-refractivity contribution in [1.82, 2.24) is 0 Å². The van der Waals surface area contributed by atoms with Gasteiger partial charge in [-0.15, -0.1) is 0 Å². The molecule has 0 heterocycles. The van der Waals surface area contributed by atoms with Crippen LogP contribution in [0.15, 0.2) is 0 Å². The van der Waals surface area contributed by atoms with E-state index < -0.39 is 12.0 Å². The van der Waals surface area contributed by atoms with Gasteiger partial charge in [0.1, 0.15) is 12.2 Å². The van der Waals surface area contributed by atoms with Crippen molar-refractivity contribution in [2.45, 2.75) is 25.9 Å². The minimum Gasteiger partial charge on any atom is -0.391 e. The van der Waals surface area contributed by atoms with Crippen LogP contribution in [0.1, 0.15) is 19.8 Å². The van der Waals surface area contributed by atoms with Gasteiger partial charge >= 0.3 is 0 Å². The average Bonchev–Trinajstić information content (AvgIpc) is 1.91. The maximum absolute atomic E-state index is 10.1. The largest absolute Gasteiger partial charge is 0.391 e. The Balaban J connectivity index is 3.79. The Bertz CT molecular complexity index is 139. The molecule has 0 spiro atoms. The molecule has 0 saturated carbocycles. The van der Waals surface area contributed by atoms with Crippen molar-refractivity contribution in [3.05, 3.63) is 0 Å². The van der Waals surface area contributed by atoms with Crippen molar-refractivity contribution in [2.24, 2.45) is 5.92 Å². The van der Waals surface area contributed by atoms with Crippen LogP contribution in [0.4, 0.5) is 0 Å². The number of nitrogens with zero attached hydrogens (tertiary/aromatic N) is 1. The van der Waals surface area contributed by atoms with Crippen LogP contribution in [-0.4, -0.2) is 17.5 Å². The lowest BCUT2D eigenvalue weighted by Crippen LogP contribution is -2.19. The molecule has 0 radical (unpaired) electrons. The molecule has 0 fully saturated rings. The van der Waals surface area contributed by atoms with E-state index in [-0.39, 0.29) is 0 Å². The summed E-state index contributed by atoms with van der Waals surface area (Å²) in [6.07, 6.45) is 0.997. The molecule has 0 saturated heterocycles. The Morgan fingerprint density at radius 3 is 2.70 bits per heavy atom. The molecule has 3 nitrogen and oxygen atoms in total. The van der Waals surface area contributed by atoms with E-state index in [0.717, 1.165) is 6.42 Å². The zero-order valence-corrected chi connectivity index (χ0v) is 5.95. The lowest BCUT2D eigenvalue weighted by atomic mass is 10.0. The van der Waals surface area contributed by atoms with Gasteiger partial charge in [-0.3, -0.25) is 0 Å². The van der Waals surface area contributed by atoms with E-state index >= 15 is 0 Å². The van der Waals surface area contributed by atoms with Crippen LogP contribution in [0.25, 0.3) is 0 Å². The first-order chi connectivity index (χ1) is 4.76. The van der Waals surface area contributed by atoms with Crippen molar-refractivity contribution >= 4 is 6.29 Å². The Labute approximate surface area is 60.3 Å². The van der Waals surface area contributed by atoms with Crippen LogP contribution in [-0.2, 0) is 4.79 Å². The van der Waals surface area contributed by atoms with E-state index in [1.807, 2.05) is 6.92 Å². The Hall–Kier alpha value is -0.880. The summed E-state index contributed by atoms with van der Waals surface area (Å²) >= 11 is 0. The van der Waals surface area contributed by atoms with E-state index in [1.54, 1.807) is 6.07 Å². The smallest absolute Gasteiger partial charge is 0.139 e. The number of hydrogen-bond donors (Lipinski definition) is 1. The maximum Gasteiger partial charge on any atom is 0.139 e. The number of rotatable bonds is 4. The van der Waals surface area contributed by atoms with Gasteiger partial charge in [0.15, 0.2) is 0 Å². The zero-order valence-electron chi connectivity index (χ0n) is 5.95. The number of aldehydes is 1. The highest BCUT2D eigenvalue weighted by Crippen LogP contribution is 2.05. The molecule has 56 valence electrons. The van der Waals surface area contributed by atoms with Crippen molar-refractivity contribution in [3.8, 4) is 6.07 Å². The fourth-order valence-corrected chi connectivity index (χ4v) is 0.682. The van der Waals surface area contributed by atoms with Crippen molar-refractivity contribution < 1.29 is 9.90 Å². The third kappa shape index (κ3) is 2.60. The Morgan fingerprint density at radius 2 is 2.40 bits per heavy atom. The zero-order chi connectivity index (χ0) is 7.98. The average molecular weight is 141 g/mol. The van der Waals surface area contributed by atoms with Crippen molar-refractivity contribution in [3.63, 3.8) is 0 Å². The lowest BCUT2D eigenvalue weighted by Gasteiger charge is -2.08. The fourth-order valence-electron chi connectivity index (χ4n) is 0.682. The van der Waals surface area contributed by atoms with E-state index in [0.29, 0.717) is 12.7 Å². The summed E-state index contributed by atoms with van der Waals surface area (Å²) in [4.78, 5) is 10.1. The van der Waals surface area contributed by atoms with Gasteiger partial charge in [0, 0.05) is 0 Å². The highest BCUT2D eigenvalue weighted by molar-refractivity contribution is 5.58. The second-order valence-corrected chi connectivity index (χ2v) is 2.15. The van der Waals surface area contributed by atoms with E-state index in [4.69, 9.17) is 10.4 Å². The van der Waals surface area contributed by atoms with Crippen LogP contribution in [0.3, 0.4) is 0 Å². The van der Waals surface area contributed by atoms with Crippen molar-refractivity contribution in [2.75, 3.05) is 0 Å². The topological polar surface area (TPSA) is 61.1 Å². The van der Waals surface area contributed by atoms with Crippen LogP contribution < -0.4 is 0 Å². The van der Waals surface area contributed by atoms with Gasteiger partial charge in [-0.2, -0.15) is 5.26 Å². The molecule has 0 aliphatic carbocycles. The van der Waals surface area contributed by atoms with Gasteiger partial charge < -0.3 is 9.90 Å². The molecule has 0 aliphatic heterocycles. The molecule has 0 aromatic heterocycles. The molecule has 2 atom stereocenters. The first-order valence-corrected chi connectivity index (χ1v) is 3.29. The van der Waals surface area contributed by atoms with Crippen LogP contribution >= 0.6 is 0 Å². The first-order valence-electron chi connectivity index (χ1n) is 3.29. The van der Waals surface area contributed by atoms with Crippen LogP contribution in [0.2, 0.25) is 0 Å². The summed E-state index contributed by atoms with van der Waals surface area (Å²) in [6.45, 7) is 1.89. The molecule has 0 aromatic rings. The first kappa shape index (κ1) is 9.12. The number of aliphatic hydroxyl groups is 1. The summed E-state index contributed by atoms with van der Waals surface area (Å²) in [5.41, 5.74) is 0. The van der Waals surface area contributed by atoms with Gasteiger partial charge in [-0.05, 0) is 6.42 Å². The predicted molar refractivity (Wildman–Crippen MR) is 36.1 cm³/mol. The number of aliphatic hydroxyl groups excluding tert-OH is 1. The SMILES string of the molecule is CCCC(O)C(C#N)C=O. The third-order valence-electron chi connectivity index (χ3n) is 1.29. The second kappa shape index (κ2) is 4.95. The molecule has 3 heteroatoms. The van der Waals surface area contributed by atoms with Gasteiger partial charge in [-0.1, -0.05) is 13.3 Å². The summed E-state index contributed by atoms with van der Waals surface area (Å²) in [5, 5.41) is 17.3. The molecule has 0 bridgehead atoms. The minimum absolute atomic E-state index is 0.486. The molecule has 0 amide bonds. The summed E-state index contributed by atoms with van der Waals surface area (Å²) < 4.78 is 0. The molecule has 0 aromatic carbocycles. The highest BCUT2D eigenvalue weighted by atomic mass is 16.3. The number of hydrogen-bond acceptors (Lipinski definition) is 3. The van der Waals surface area contributed by atoms with Gasteiger partial charge in [0.2, 0.25) is 0 Å². The van der Waals surface area contributed by atoms with Gasteiger partial charge in [0.25, 0.3) is 0 Å². The summed E-state index contributed by atoms with van der Waals surface area (Å²) in [5.74, 6) is -0.847. The molecule has 2 unspecified atom stereocenters. The lowest BCUT2D eigenvalue weighted by molar-refractivity contribution is -0.112. The summed E-state index contributed by atoms with van der Waals surface area (Å²) in [7, 11) is 0. The maximum atomic E-state index is 10.1. The van der Waals surface area contributed by atoms with E-state index in [2.05, 4.69) is 0 Å². The normalized spacial score (nSPS) is 15.3.